The fourth-order valence-corrected chi connectivity index (χ4v) is 2.81. The Morgan fingerprint density at radius 3 is 2.62 bits per heavy atom. The van der Waals surface area contributed by atoms with Crippen LogP contribution >= 0.6 is 0 Å². The first-order valence-electron chi connectivity index (χ1n) is 8.06. The number of carbonyl (C=O) groups excluding carboxylic acids is 1. The number of halogens is 3. The van der Waals surface area contributed by atoms with Crippen LogP contribution in [0.3, 0.4) is 0 Å². The molecule has 0 radical (unpaired) electrons. The second-order valence-corrected chi connectivity index (χ2v) is 5.93. The van der Waals surface area contributed by atoms with E-state index < -0.39 is 35.6 Å². The van der Waals surface area contributed by atoms with Gasteiger partial charge in [-0.1, -0.05) is 6.07 Å². The Labute approximate surface area is 148 Å². The van der Waals surface area contributed by atoms with Crippen molar-refractivity contribution in [1.29, 1.82) is 0 Å². The molecule has 5 nitrogen and oxygen atoms in total. The SMILES string of the molecule is NC(=NCC(=O)Nc1ccc(F)c(F)c1F)Nc1ccc2c(c1)CCC2. The lowest BCUT2D eigenvalue weighted by atomic mass is 10.1. The lowest BCUT2D eigenvalue weighted by molar-refractivity contribution is -0.114. The van der Waals surface area contributed by atoms with Crippen LogP contribution in [0, 0.1) is 17.5 Å². The van der Waals surface area contributed by atoms with Gasteiger partial charge in [-0.15, -0.1) is 0 Å². The van der Waals surface area contributed by atoms with Crippen molar-refractivity contribution in [3.63, 3.8) is 0 Å². The summed E-state index contributed by atoms with van der Waals surface area (Å²) >= 11 is 0. The number of hydrogen-bond acceptors (Lipinski definition) is 2. The number of aliphatic imine (C=N–C) groups is 1. The van der Waals surface area contributed by atoms with E-state index in [2.05, 4.69) is 15.6 Å². The van der Waals surface area contributed by atoms with Gasteiger partial charge in [-0.05, 0) is 54.7 Å². The molecule has 0 aliphatic heterocycles. The van der Waals surface area contributed by atoms with Crippen LogP contribution in [-0.4, -0.2) is 18.4 Å². The van der Waals surface area contributed by atoms with E-state index in [1.54, 1.807) is 0 Å². The molecule has 1 aliphatic carbocycles. The maximum Gasteiger partial charge on any atom is 0.246 e. The number of anilines is 2. The average molecular weight is 362 g/mol. The molecule has 1 amide bonds. The monoisotopic (exact) mass is 362 g/mol. The summed E-state index contributed by atoms with van der Waals surface area (Å²) in [6.07, 6.45) is 3.22. The topological polar surface area (TPSA) is 79.5 Å². The molecule has 0 saturated carbocycles. The molecule has 0 unspecified atom stereocenters. The van der Waals surface area contributed by atoms with E-state index in [0.717, 1.165) is 37.1 Å². The summed E-state index contributed by atoms with van der Waals surface area (Å²) in [6, 6.07) is 7.55. The van der Waals surface area contributed by atoms with Crippen LogP contribution in [0.4, 0.5) is 24.5 Å². The fraction of sp³-hybridized carbons (Fsp3) is 0.222. The molecule has 0 aromatic heterocycles. The Bertz CT molecular complexity index is 883. The predicted molar refractivity (Wildman–Crippen MR) is 93.5 cm³/mol. The Kier molecular flexibility index (Phi) is 5.11. The van der Waals surface area contributed by atoms with Crippen LogP contribution in [0.5, 0.6) is 0 Å². The Morgan fingerprint density at radius 1 is 1.04 bits per heavy atom. The first-order chi connectivity index (χ1) is 12.4. The predicted octanol–water partition coefficient (Wildman–Crippen LogP) is 2.96. The molecule has 8 heteroatoms. The van der Waals surface area contributed by atoms with Gasteiger partial charge in [0.1, 0.15) is 6.54 Å². The maximum atomic E-state index is 13.5. The van der Waals surface area contributed by atoms with E-state index in [0.29, 0.717) is 0 Å². The highest BCUT2D eigenvalue weighted by Gasteiger charge is 2.15. The van der Waals surface area contributed by atoms with Gasteiger partial charge in [0, 0.05) is 5.69 Å². The smallest absolute Gasteiger partial charge is 0.246 e. The first kappa shape index (κ1) is 17.8. The van der Waals surface area contributed by atoms with Gasteiger partial charge in [0.25, 0.3) is 0 Å². The van der Waals surface area contributed by atoms with Crippen molar-refractivity contribution in [3.8, 4) is 0 Å². The Hall–Kier alpha value is -3.03. The van der Waals surface area contributed by atoms with E-state index in [-0.39, 0.29) is 5.96 Å². The fourth-order valence-electron chi connectivity index (χ4n) is 2.81. The van der Waals surface area contributed by atoms with Crippen molar-refractivity contribution in [2.24, 2.45) is 10.7 Å². The van der Waals surface area contributed by atoms with E-state index in [4.69, 9.17) is 5.73 Å². The molecule has 3 rings (SSSR count). The molecule has 26 heavy (non-hydrogen) atoms. The van der Waals surface area contributed by atoms with E-state index in [1.807, 2.05) is 18.2 Å². The molecular weight excluding hydrogens is 345 g/mol. The van der Waals surface area contributed by atoms with Gasteiger partial charge < -0.3 is 16.4 Å². The first-order valence-corrected chi connectivity index (χ1v) is 8.06. The minimum Gasteiger partial charge on any atom is -0.370 e. The molecule has 0 spiro atoms. The van der Waals surface area contributed by atoms with Gasteiger partial charge in [-0.25, -0.2) is 18.2 Å². The van der Waals surface area contributed by atoms with E-state index in [1.165, 1.54) is 11.1 Å². The summed E-state index contributed by atoms with van der Waals surface area (Å²) in [5.41, 5.74) is 8.62. The van der Waals surface area contributed by atoms with E-state index >= 15 is 0 Å². The van der Waals surface area contributed by atoms with Crippen molar-refractivity contribution in [1.82, 2.24) is 0 Å². The van der Waals surface area contributed by atoms with Crippen molar-refractivity contribution >= 4 is 23.2 Å². The minimum atomic E-state index is -1.65. The third-order valence-corrected chi connectivity index (χ3v) is 4.07. The average Bonchev–Trinajstić information content (AvgIpc) is 3.08. The molecule has 0 atom stereocenters. The second kappa shape index (κ2) is 7.47. The van der Waals surface area contributed by atoms with E-state index in [9.17, 15) is 18.0 Å². The summed E-state index contributed by atoms with van der Waals surface area (Å²) in [5.74, 6) is -5.14. The standard InChI is InChI=1S/C18H17F3N4O/c19-13-6-7-14(17(21)16(13)20)25-15(26)9-23-18(22)24-12-5-4-10-2-1-3-11(10)8-12/h4-8H,1-3,9H2,(H,25,26)(H3,22,23,24). The summed E-state index contributed by atoms with van der Waals surface area (Å²) in [7, 11) is 0. The quantitative estimate of drug-likeness (QED) is 0.444. The van der Waals surface area contributed by atoms with Gasteiger partial charge in [0.05, 0.1) is 5.69 Å². The highest BCUT2D eigenvalue weighted by Crippen LogP contribution is 2.24. The maximum absolute atomic E-state index is 13.5. The molecule has 1 aliphatic rings. The van der Waals surface area contributed by atoms with Gasteiger partial charge >= 0.3 is 0 Å². The number of guanidine groups is 1. The van der Waals surface area contributed by atoms with Crippen molar-refractivity contribution in [2.75, 3.05) is 17.2 Å². The van der Waals surface area contributed by atoms with Crippen LogP contribution in [0.1, 0.15) is 17.5 Å². The number of nitrogens with two attached hydrogens (primary N) is 1. The van der Waals surface area contributed by atoms with Gasteiger partial charge in [0.15, 0.2) is 23.4 Å². The largest absolute Gasteiger partial charge is 0.370 e. The number of nitrogens with one attached hydrogen (secondary N) is 2. The normalized spacial score (nSPS) is 13.4. The van der Waals surface area contributed by atoms with Gasteiger partial charge in [0.2, 0.25) is 5.91 Å². The molecule has 0 saturated heterocycles. The van der Waals surface area contributed by atoms with Crippen LogP contribution in [-0.2, 0) is 17.6 Å². The number of amides is 1. The highest BCUT2D eigenvalue weighted by molar-refractivity contribution is 5.97. The second-order valence-electron chi connectivity index (χ2n) is 5.93. The molecule has 2 aromatic carbocycles. The lowest BCUT2D eigenvalue weighted by Crippen LogP contribution is -2.25. The van der Waals surface area contributed by atoms with Crippen LogP contribution in [0.15, 0.2) is 35.3 Å². The number of benzene rings is 2. The number of rotatable bonds is 4. The number of fused-ring (bicyclic) bond motifs is 1. The summed E-state index contributed by atoms with van der Waals surface area (Å²) in [5, 5.41) is 5.00. The number of carbonyl (C=O) groups is 1. The number of hydrogen-bond donors (Lipinski definition) is 3. The number of aryl methyl sites for hydroxylation is 2. The third-order valence-electron chi connectivity index (χ3n) is 4.07. The van der Waals surface area contributed by atoms with Gasteiger partial charge in [-0.2, -0.15) is 0 Å². The Balaban J connectivity index is 1.58. The zero-order valence-corrected chi connectivity index (χ0v) is 13.8. The van der Waals surface area contributed by atoms with Crippen molar-refractivity contribution in [3.05, 3.63) is 58.9 Å². The number of nitrogens with zero attached hydrogens (tertiary/aromatic N) is 1. The summed E-state index contributed by atoms with van der Waals surface area (Å²) < 4.78 is 39.5. The Morgan fingerprint density at radius 2 is 1.81 bits per heavy atom. The minimum absolute atomic E-state index is 0.0175. The summed E-state index contributed by atoms with van der Waals surface area (Å²) in [6.45, 7) is -0.401. The summed E-state index contributed by atoms with van der Waals surface area (Å²) in [4.78, 5) is 15.6. The molecule has 2 aromatic rings. The highest BCUT2D eigenvalue weighted by atomic mass is 19.2. The molecule has 0 heterocycles. The third kappa shape index (κ3) is 3.96. The van der Waals surface area contributed by atoms with Crippen LogP contribution < -0.4 is 16.4 Å². The molecular formula is C18H17F3N4O. The van der Waals surface area contributed by atoms with Crippen LogP contribution in [0.25, 0.3) is 0 Å². The molecule has 136 valence electrons. The zero-order valence-electron chi connectivity index (χ0n) is 13.8. The van der Waals surface area contributed by atoms with Crippen LogP contribution in [0.2, 0.25) is 0 Å². The lowest BCUT2D eigenvalue weighted by Gasteiger charge is -2.09. The van der Waals surface area contributed by atoms with Gasteiger partial charge in [-0.3, -0.25) is 4.79 Å². The molecule has 0 bridgehead atoms. The van der Waals surface area contributed by atoms with Crippen molar-refractivity contribution < 1.29 is 18.0 Å². The molecule has 4 N–H and O–H groups in total. The zero-order chi connectivity index (χ0) is 18.7. The van der Waals surface area contributed by atoms with Crippen molar-refractivity contribution in [2.45, 2.75) is 19.3 Å². The molecule has 0 fully saturated rings.